The van der Waals surface area contributed by atoms with Crippen molar-refractivity contribution in [2.24, 2.45) is 7.05 Å². The molecule has 164 valence electrons. The van der Waals surface area contributed by atoms with Crippen LogP contribution in [0.3, 0.4) is 0 Å². The fourth-order valence-corrected chi connectivity index (χ4v) is 3.52. The van der Waals surface area contributed by atoms with E-state index in [1.165, 1.54) is 11.6 Å². The first-order valence-corrected chi connectivity index (χ1v) is 9.87. The molecule has 10 nitrogen and oxygen atoms in total. The zero-order valence-corrected chi connectivity index (χ0v) is 17.7. The summed E-state index contributed by atoms with van der Waals surface area (Å²) < 4.78 is 14.7. The second-order valence-corrected chi connectivity index (χ2v) is 7.62. The Labute approximate surface area is 178 Å². The first-order valence-electron chi connectivity index (χ1n) is 9.46. The van der Waals surface area contributed by atoms with E-state index in [4.69, 9.17) is 21.7 Å². The predicted octanol–water partition coefficient (Wildman–Crippen LogP) is -0.0453. The number of ether oxygens (including phenoxy) is 2. The van der Waals surface area contributed by atoms with Crippen molar-refractivity contribution in [3.05, 3.63) is 40.4 Å². The Hall–Kier alpha value is -2.31. The van der Waals surface area contributed by atoms with Gasteiger partial charge in [-0.1, -0.05) is 17.7 Å². The third kappa shape index (κ3) is 4.55. The average molecular weight is 439 g/mol. The SMILES string of the molecule is CC(=O)N[C@@H]1[C@@H](O)[C@H](O)[C@@H](CO)O[C@H]1n1nc(COc2ccc(C)cc2)n(C)c1=S. The van der Waals surface area contributed by atoms with Gasteiger partial charge < -0.3 is 34.7 Å². The summed E-state index contributed by atoms with van der Waals surface area (Å²) in [7, 11) is 1.71. The number of aryl methyl sites for hydroxylation is 1. The summed E-state index contributed by atoms with van der Waals surface area (Å²) in [6.07, 6.45) is -4.87. The van der Waals surface area contributed by atoms with Gasteiger partial charge in [0.05, 0.1) is 6.61 Å². The lowest BCUT2D eigenvalue weighted by Gasteiger charge is -2.42. The van der Waals surface area contributed by atoms with Crippen LogP contribution in [-0.4, -0.2) is 66.5 Å². The third-order valence-electron chi connectivity index (χ3n) is 4.99. The zero-order chi connectivity index (χ0) is 22.0. The van der Waals surface area contributed by atoms with Crippen LogP contribution in [0.4, 0.5) is 0 Å². The van der Waals surface area contributed by atoms with Crippen molar-refractivity contribution in [1.82, 2.24) is 19.7 Å². The minimum absolute atomic E-state index is 0.127. The number of aromatic nitrogens is 3. The highest BCUT2D eigenvalue weighted by Gasteiger charge is 2.46. The van der Waals surface area contributed by atoms with E-state index in [9.17, 15) is 20.1 Å². The molecule has 1 amide bonds. The molecule has 5 atom stereocenters. The van der Waals surface area contributed by atoms with E-state index in [0.717, 1.165) is 5.56 Å². The van der Waals surface area contributed by atoms with Crippen molar-refractivity contribution >= 4 is 18.1 Å². The molecule has 0 unspecified atom stereocenters. The predicted molar refractivity (Wildman–Crippen MR) is 108 cm³/mol. The van der Waals surface area contributed by atoms with Gasteiger partial charge in [-0.05, 0) is 31.3 Å². The first kappa shape index (κ1) is 22.4. The largest absolute Gasteiger partial charge is 0.486 e. The van der Waals surface area contributed by atoms with Crippen LogP contribution in [0, 0.1) is 11.7 Å². The van der Waals surface area contributed by atoms with Crippen LogP contribution in [0.2, 0.25) is 0 Å². The van der Waals surface area contributed by atoms with Crippen LogP contribution < -0.4 is 10.1 Å². The quantitative estimate of drug-likeness (QED) is 0.462. The fourth-order valence-electron chi connectivity index (χ4n) is 3.27. The molecule has 2 heterocycles. The number of rotatable bonds is 6. The van der Waals surface area contributed by atoms with Gasteiger partial charge in [-0.3, -0.25) is 4.79 Å². The zero-order valence-electron chi connectivity index (χ0n) is 16.9. The van der Waals surface area contributed by atoms with Crippen molar-refractivity contribution in [2.75, 3.05) is 6.61 Å². The summed E-state index contributed by atoms with van der Waals surface area (Å²) >= 11 is 5.46. The molecule has 2 aromatic rings. The van der Waals surface area contributed by atoms with E-state index in [1.54, 1.807) is 11.6 Å². The Kier molecular flexibility index (Phi) is 6.88. The van der Waals surface area contributed by atoms with Crippen molar-refractivity contribution in [3.8, 4) is 5.75 Å². The normalized spacial score (nSPS) is 26.4. The Morgan fingerprint density at radius 2 is 1.97 bits per heavy atom. The molecule has 11 heteroatoms. The number of hydrogen-bond donors (Lipinski definition) is 4. The molecule has 0 spiro atoms. The molecule has 1 aromatic heterocycles. The Bertz CT molecular complexity index is 943. The average Bonchev–Trinajstić information content (AvgIpc) is 2.99. The van der Waals surface area contributed by atoms with Gasteiger partial charge in [-0.2, -0.15) is 5.10 Å². The summed E-state index contributed by atoms with van der Waals surface area (Å²) in [4.78, 5) is 11.6. The molecule has 1 saturated heterocycles. The van der Waals surface area contributed by atoms with E-state index >= 15 is 0 Å². The van der Waals surface area contributed by atoms with Gasteiger partial charge in [0.15, 0.2) is 16.8 Å². The number of nitrogens with zero attached hydrogens (tertiary/aromatic N) is 3. The molecule has 0 radical (unpaired) electrons. The minimum atomic E-state index is -1.39. The third-order valence-corrected chi connectivity index (χ3v) is 5.45. The molecule has 3 rings (SSSR count). The lowest BCUT2D eigenvalue weighted by atomic mass is 9.96. The van der Waals surface area contributed by atoms with Gasteiger partial charge in [-0.25, -0.2) is 4.68 Å². The van der Waals surface area contributed by atoms with E-state index in [-0.39, 0.29) is 11.4 Å². The van der Waals surface area contributed by atoms with E-state index < -0.39 is 43.1 Å². The van der Waals surface area contributed by atoms with Crippen LogP contribution >= 0.6 is 12.2 Å². The van der Waals surface area contributed by atoms with Gasteiger partial charge in [0.2, 0.25) is 5.91 Å². The number of aliphatic hydroxyl groups is 3. The molecule has 0 bridgehead atoms. The number of hydrogen-bond acceptors (Lipinski definition) is 8. The Morgan fingerprint density at radius 3 is 2.57 bits per heavy atom. The first-order chi connectivity index (χ1) is 14.2. The maximum Gasteiger partial charge on any atom is 0.217 e. The summed E-state index contributed by atoms with van der Waals surface area (Å²) in [6.45, 7) is 2.87. The van der Waals surface area contributed by atoms with Gasteiger partial charge in [0, 0.05) is 14.0 Å². The molecule has 1 aliphatic heterocycles. The number of benzene rings is 1. The number of amides is 1. The maximum absolute atomic E-state index is 11.6. The Balaban J connectivity index is 1.88. The molecular formula is C19H26N4O6S. The standard InChI is InChI=1S/C19H26N4O6S/c1-10-4-6-12(7-5-10)28-9-14-21-23(19(30)22(14)3)18-15(20-11(2)25)17(27)16(26)13(8-24)29-18/h4-7,13,15-18,24,26-27H,8-9H2,1-3H3,(H,20,25)/t13-,15-,16-,17-,18-/m1/s1. The molecule has 4 N–H and O–H groups in total. The lowest BCUT2D eigenvalue weighted by Crippen LogP contribution is -2.62. The second-order valence-electron chi connectivity index (χ2n) is 7.26. The molecule has 0 saturated carbocycles. The number of aliphatic hydroxyl groups excluding tert-OH is 3. The summed E-state index contributed by atoms with van der Waals surface area (Å²) in [5.74, 6) is 0.740. The smallest absolute Gasteiger partial charge is 0.217 e. The molecular weight excluding hydrogens is 412 g/mol. The minimum Gasteiger partial charge on any atom is -0.486 e. The monoisotopic (exact) mass is 438 g/mol. The second kappa shape index (κ2) is 9.23. The number of nitrogens with one attached hydrogen (secondary N) is 1. The number of carbonyl (C=O) groups excluding carboxylic acids is 1. The molecule has 0 aliphatic carbocycles. The van der Waals surface area contributed by atoms with E-state index in [0.29, 0.717) is 11.6 Å². The van der Waals surface area contributed by atoms with Gasteiger partial charge in [0.1, 0.15) is 36.7 Å². The van der Waals surface area contributed by atoms with Crippen LogP contribution in [0.15, 0.2) is 24.3 Å². The highest BCUT2D eigenvalue weighted by atomic mass is 32.1. The van der Waals surface area contributed by atoms with Crippen LogP contribution in [-0.2, 0) is 23.2 Å². The maximum atomic E-state index is 11.6. The van der Waals surface area contributed by atoms with E-state index in [2.05, 4.69) is 10.4 Å². The van der Waals surface area contributed by atoms with Crippen molar-refractivity contribution in [1.29, 1.82) is 0 Å². The summed E-state index contributed by atoms with van der Waals surface area (Å²) in [6, 6.07) is 6.54. The highest BCUT2D eigenvalue weighted by Crippen LogP contribution is 2.28. The molecule has 1 aromatic carbocycles. The summed E-state index contributed by atoms with van der Waals surface area (Å²) in [5, 5.41) is 37.2. The number of carbonyl (C=O) groups is 1. The van der Waals surface area contributed by atoms with E-state index in [1.807, 2.05) is 31.2 Å². The van der Waals surface area contributed by atoms with Crippen molar-refractivity contribution in [2.45, 2.75) is 51.0 Å². The fraction of sp³-hybridized carbons (Fsp3) is 0.526. The van der Waals surface area contributed by atoms with Crippen LogP contribution in [0.1, 0.15) is 24.5 Å². The lowest BCUT2D eigenvalue weighted by molar-refractivity contribution is -0.219. The molecule has 1 aliphatic rings. The van der Waals surface area contributed by atoms with Gasteiger partial charge >= 0.3 is 0 Å². The topological polar surface area (TPSA) is 131 Å². The van der Waals surface area contributed by atoms with Crippen LogP contribution in [0.25, 0.3) is 0 Å². The molecule has 1 fully saturated rings. The van der Waals surface area contributed by atoms with Crippen LogP contribution in [0.5, 0.6) is 5.75 Å². The van der Waals surface area contributed by atoms with Gasteiger partial charge in [0.25, 0.3) is 0 Å². The highest BCUT2D eigenvalue weighted by molar-refractivity contribution is 7.71. The molecule has 30 heavy (non-hydrogen) atoms. The van der Waals surface area contributed by atoms with Crippen molar-refractivity contribution in [3.63, 3.8) is 0 Å². The summed E-state index contributed by atoms with van der Waals surface area (Å²) in [5.41, 5.74) is 1.11. The van der Waals surface area contributed by atoms with Gasteiger partial charge in [-0.15, -0.1) is 0 Å². The van der Waals surface area contributed by atoms with Crippen molar-refractivity contribution < 1.29 is 29.6 Å². The Morgan fingerprint density at radius 1 is 1.30 bits per heavy atom.